The fourth-order valence-electron chi connectivity index (χ4n) is 3.42. The van der Waals surface area contributed by atoms with Crippen molar-refractivity contribution >= 4 is 29.0 Å². The molecule has 3 N–H and O–H groups in total. The average molecular weight is 492 g/mol. The zero-order valence-electron chi connectivity index (χ0n) is 18.8. The van der Waals surface area contributed by atoms with E-state index in [1.54, 1.807) is 55.5 Å². The fraction of sp³-hybridized carbons (Fsp3) is 0.120. The van der Waals surface area contributed by atoms with Crippen molar-refractivity contribution in [1.29, 1.82) is 0 Å². The van der Waals surface area contributed by atoms with Gasteiger partial charge in [0.1, 0.15) is 17.3 Å². The van der Waals surface area contributed by atoms with Gasteiger partial charge in [-0.1, -0.05) is 29.8 Å². The number of nitrogens with one attached hydrogen (secondary N) is 1. The lowest BCUT2D eigenvalue weighted by Crippen LogP contribution is -2.40. The highest BCUT2D eigenvalue weighted by Gasteiger charge is 2.12. The van der Waals surface area contributed by atoms with Crippen LogP contribution >= 0.6 is 11.6 Å². The van der Waals surface area contributed by atoms with Gasteiger partial charge in [-0.3, -0.25) is 18.7 Å². The van der Waals surface area contributed by atoms with E-state index in [0.29, 0.717) is 22.3 Å². The predicted octanol–water partition coefficient (Wildman–Crippen LogP) is 3.76. The number of rotatable bonds is 8. The summed E-state index contributed by atoms with van der Waals surface area (Å²) in [4.78, 5) is 40.9. The maximum Gasteiger partial charge on any atom is 0.332 e. The number of hydrogen-bond acceptors (Lipinski definition) is 6. The Kier molecular flexibility index (Phi) is 6.98. The third-order valence-corrected chi connectivity index (χ3v) is 5.43. The van der Waals surface area contributed by atoms with Gasteiger partial charge in [0.25, 0.3) is 11.5 Å². The Labute approximate surface area is 205 Å². The summed E-state index contributed by atoms with van der Waals surface area (Å²) >= 11 is 5.98. The normalized spacial score (nSPS) is 10.7. The molecule has 0 fully saturated rings. The lowest BCUT2D eigenvalue weighted by Gasteiger charge is -2.17. The smallest absolute Gasteiger partial charge is 0.332 e. The van der Waals surface area contributed by atoms with Gasteiger partial charge in [-0.15, -0.1) is 0 Å². The average Bonchev–Trinajstić information content (AvgIpc) is 2.84. The number of halogens is 1. The van der Waals surface area contributed by atoms with Gasteiger partial charge in [-0.05, 0) is 55.0 Å². The topological polar surface area (TPSA) is 121 Å². The molecule has 0 aliphatic heterocycles. The van der Waals surface area contributed by atoms with E-state index in [1.165, 1.54) is 21.3 Å². The Hall–Kier alpha value is -4.37. The molecule has 2 aromatic heterocycles. The van der Waals surface area contributed by atoms with Gasteiger partial charge in [-0.25, -0.2) is 9.78 Å². The molecule has 4 rings (SSSR count). The second kappa shape index (κ2) is 10.3. The number of primary amides is 1. The molecule has 178 valence electrons. The van der Waals surface area contributed by atoms with Gasteiger partial charge in [0.15, 0.2) is 0 Å². The maximum atomic E-state index is 13.0. The molecule has 0 bridgehead atoms. The number of amides is 1. The summed E-state index contributed by atoms with van der Waals surface area (Å²) < 4.78 is 8.36. The molecule has 0 spiro atoms. The summed E-state index contributed by atoms with van der Waals surface area (Å²) in [6, 6.07) is 20.1. The number of aromatic nitrogens is 3. The second-order valence-corrected chi connectivity index (χ2v) is 8.02. The molecule has 0 radical (unpaired) electrons. The molecule has 35 heavy (non-hydrogen) atoms. The van der Waals surface area contributed by atoms with Crippen LogP contribution in [-0.2, 0) is 13.1 Å². The Morgan fingerprint density at radius 3 is 2.40 bits per heavy atom. The highest BCUT2D eigenvalue weighted by atomic mass is 35.5. The van der Waals surface area contributed by atoms with Crippen molar-refractivity contribution in [3.8, 4) is 11.6 Å². The Morgan fingerprint density at radius 1 is 1.03 bits per heavy atom. The molecule has 1 amide bonds. The van der Waals surface area contributed by atoms with Crippen LogP contribution in [0.25, 0.3) is 0 Å². The summed E-state index contributed by atoms with van der Waals surface area (Å²) in [6.45, 7) is 2.26. The molecule has 0 saturated carbocycles. The third-order valence-electron chi connectivity index (χ3n) is 5.17. The van der Waals surface area contributed by atoms with Gasteiger partial charge in [0, 0.05) is 29.4 Å². The summed E-state index contributed by atoms with van der Waals surface area (Å²) in [7, 11) is 0. The van der Waals surface area contributed by atoms with Crippen molar-refractivity contribution in [2.45, 2.75) is 20.0 Å². The first kappa shape index (κ1) is 23.8. The monoisotopic (exact) mass is 491 g/mol. The highest BCUT2D eigenvalue weighted by Crippen LogP contribution is 2.23. The van der Waals surface area contributed by atoms with E-state index in [-0.39, 0.29) is 24.7 Å². The Balaban J connectivity index is 1.60. The summed E-state index contributed by atoms with van der Waals surface area (Å²) in [5, 5.41) is 3.74. The molecule has 0 atom stereocenters. The number of anilines is 2. The van der Waals surface area contributed by atoms with Gasteiger partial charge in [0.05, 0.1) is 6.54 Å². The molecule has 0 aliphatic rings. The minimum atomic E-state index is -0.648. The van der Waals surface area contributed by atoms with E-state index in [0.717, 1.165) is 5.56 Å². The molecule has 10 heteroatoms. The molecule has 2 heterocycles. The summed E-state index contributed by atoms with van der Waals surface area (Å²) in [6.07, 6.45) is 0. The maximum absolute atomic E-state index is 13.0. The van der Waals surface area contributed by atoms with Crippen molar-refractivity contribution in [1.82, 2.24) is 14.1 Å². The number of carbonyl (C=O) groups is 1. The number of ether oxygens (including phenoxy) is 1. The van der Waals surface area contributed by atoms with E-state index >= 15 is 0 Å². The number of hydrogen-bond donors (Lipinski definition) is 2. The number of benzene rings is 2. The number of pyridine rings is 1. The first-order valence-electron chi connectivity index (χ1n) is 10.7. The van der Waals surface area contributed by atoms with Crippen LogP contribution in [0.2, 0.25) is 5.02 Å². The van der Waals surface area contributed by atoms with Gasteiger partial charge in [-0.2, -0.15) is 0 Å². The van der Waals surface area contributed by atoms with Crippen LogP contribution < -0.4 is 27.0 Å². The molecular weight excluding hydrogens is 470 g/mol. The molecule has 0 unspecified atom stereocenters. The second-order valence-electron chi connectivity index (χ2n) is 7.58. The van der Waals surface area contributed by atoms with E-state index in [4.69, 9.17) is 22.1 Å². The summed E-state index contributed by atoms with van der Waals surface area (Å²) in [5.41, 5.74) is 6.03. The number of carbonyl (C=O) groups excluding carboxylic acids is 1. The molecule has 0 aliphatic carbocycles. The molecule has 4 aromatic rings. The van der Waals surface area contributed by atoms with Crippen molar-refractivity contribution < 1.29 is 9.53 Å². The van der Waals surface area contributed by atoms with Crippen molar-refractivity contribution in [3.05, 3.63) is 110 Å². The van der Waals surface area contributed by atoms with Crippen LogP contribution in [0.1, 0.15) is 23.0 Å². The lowest BCUT2D eigenvalue weighted by molar-refractivity contribution is 0.0995. The molecule has 9 nitrogen and oxygen atoms in total. The van der Waals surface area contributed by atoms with Crippen molar-refractivity contribution in [3.63, 3.8) is 0 Å². The van der Waals surface area contributed by atoms with E-state index < -0.39 is 17.2 Å². The van der Waals surface area contributed by atoms with Crippen LogP contribution in [0.3, 0.4) is 0 Å². The minimum Gasteiger partial charge on any atom is -0.439 e. The van der Waals surface area contributed by atoms with Gasteiger partial charge >= 0.3 is 5.69 Å². The van der Waals surface area contributed by atoms with E-state index in [1.807, 2.05) is 12.1 Å². The first-order chi connectivity index (χ1) is 16.8. The van der Waals surface area contributed by atoms with Crippen molar-refractivity contribution in [2.75, 3.05) is 5.32 Å². The molecule has 2 aromatic carbocycles. The Bertz CT molecular complexity index is 1480. The van der Waals surface area contributed by atoms with Crippen molar-refractivity contribution in [2.24, 2.45) is 5.73 Å². The number of nitrogens with two attached hydrogens (primary N) is 1. The fourth-order valence-corrected chi connectivity index (χ4v) is 3.55. The molecule has 0 saturated heterocycles. The van der Waals surface area contributed by atoms with Crippen LogP contribution in [0.4, 0.5) is 11.5 Å². The molecular formula is C25H22ClN5O4. The van der Waals surface area contributed by atoms with Crippen LogP contribution in [0.15, 0.2) is 82.4 Å². The highest BCUT2D eigenvalue weighted by molar-refractivity contribution is 6.30. The zero-order chi connectivity index (χ0) is 24.9. The van der Waals surface area contributed by atoms with Gasteiger partial charge < -0.3 is 15.8 Å². The van der Waals surface area contributed by atoms with Crippen LogP contribution in [-0.4, -0.2) is 20.0 Å². The lowest BCUT2D eigenvalue weighted by atomic mass is 10.2. The largest absolute Gasteiger partial charge is 0.439 e. The SMILES string of the molecule is CCn1c(=O)cc(Nc2ccc(Oc3cccc(C(N)=O)n3)cc2)n(Cc2ccc(Cl)cc2)c1=O. The summed E-state index contributed by atoms with van der Waals surface area (Å²) in [5.74, 6) is 0.403. The number of nitrogens with zero attached hydrogens (tertiary/aromatic N) is 3. The first-order valence-corrected chi connectivity index (χ1v) is 11.1. The van der Waals surface area contributed by atoms with Crippen LogP contribution in [0.5, 0.6) is 11.6 Å². The van der Waals surface area contributed by atoms with Crippen LogP contribution in [0, 0.1) is 0 Å². The zero-order valence-corrected chi connectivity index (χ0v) is 19.5. The van der Waals surface area contributed by atoms with Gasteiger partial charge in [0.2, 0.25) is 5.88 Å². The van der Waals surface area contributed by atoms with E-state index in [9.17, 15) is 14.4 Å². The standard InChI is InChI=1S/C25H22ClN5O4/c1-2-30-23(32)14-21(31(25(30)34)15-16-6-8-17(26)9-7-16)28-18-10-12-19(13-11-18)35-22-5-3-4-20(29-22)24(27)33/h3-14,28H,2,15H2,1H3,(H2,27,33). The Morgan fingerprint density at radius 2 is 1.74 bits per heavy atom. The van der Waals surface area contributed by atoms with E-state index in [2.05, 4.69) is 10.3 Å². The minimum absolute atomic E-state index is 0.0984. The third kappa shape index (κ3) is 5.59. The predicted molar refractivity (Wildman–Crippen MR) is 134 cm³/mol. The quantitative estimate of drug-likeness (QED) is 0.387.